The maximum absolute atomic E-state index is 12.4. The molecule has 110 valence electrons. The van der Waals surface area contributed by atoms with Crippen molar-refractivity contribution >= 4 is 56.5 Å². The summed E-state index contributed by atoms with van der Waals surface area (Å²) < 4.78 is 0.708. The van der Waals surface area contributed by atoms with E-state index >= 15 is 0 Å². The van der Waals surface area contributed by atoms with Crippen LogP contribution >= 0.6 is 39.1 Å². The fourth-order valence-corrected chi connectivity index (χ4v) is 2.54. The first-order chi connectivity index (χ1) is 10.0. The van der Waals surface area contributed by atoms with E-state index in [1.54, 1.807) is 30.5 Å². The summed E-state index contributed by atoms with van der Waals surface area (Å²) >= 11 is 15.4. The van der Waals surface area contributed by atoms with Crippen molar-refractivity contribution in [3.05, 3.63) is 50.5 Å². The molecule has 1 aromatic heterocycles. The second-order valence-electron chi connectivity index (χ2n) is 4.13. The van der Waals surface area contributed by atoms with Crippen molar-refractivity contribution in [2.75, 3.05) is 17.2 Å². The van der Waals surface area contributed by atoms with Gasteiger partial charge in [-0.3, -0.25) is 4.79 Å². The molecule has 0 spiro atoms. The molecule has 0 aliphatic rings. The Morgan fingerprint density at radius 3 is 2.62 bits per heavy atom. The Morgan fingerprint density at radius 1 is 1.33 bits per heavy atom. The second-order valence-corrected chi connectivity index (χ2v) is 5.86. The molecule has 0 aliphatic heterocycles. The van der Waals surface area contributed by atoms with E-state index in [9.17, 15) is 4.79 Å². The maximum atomic E-state index is 12.4. The van der Waals surface area contributed by atoms with Gasteiger partial charge in [-0.15, -0.1) is 0 Å². The third-order valence-corrected chi connectivity index (χ3v) is 3.71. The zero-order valence-electron chi connectivity index (χ0n) is 11.1. The first-order valence-corrected chi connectivity index (χ1v) is 7.72. The summed E-state index contributed by atoms with van der Waals surface area (Å²) in [6, 6.07) is 6.72. The quantitative estimate of drug-likeness (QED) is 0.788. The largest absolute Gasteiger partial charge is 0.370 e. The lowest BCUT2D eigenvalue weighted by atomic mass is 10.2. The molecule has 1 aromatic carbocycles. The molecule has 0 saturated carbocycles. The summed E-state index contributed by atoms with van der Waals surface area (Å²) in [7, 11) is 0. The highest BCUT2D eigenvalue weighted by atomic mass is 79.9. The fraction of sp³-hybridized carbons (Fsp3) is 0.143. The fourth-order valence-electron chi connectivity index (χ4n) is 1.72. The number of halogens is 3. The highest BCUT2D eigenvalue weighted by molar-refractivity contribution is 9.10. The molecule has 1 amide bonds. The van der Waals surface area contributed by atoms with Crippen LogP contribution < -0.4 is 10.6 Å². The summed E-state index contributed by atoms with van der Waals surface area (Å²) in [6.07, 6.45) is 1.62. The van der Waals surface area contributed by atoms with Crippen LogP contribution in [0.1, 0.15) is 17.3 Å². The number of rotatable bonds is 4. The third-order valence-electron chi connectivity index (χ3n) is 2.64. The van der Waals surface area contributed by atoms with Crippen molar-refractivity contribution in [3.63, 3.8) is 0 Å². The Balaban J connectivity index is 2.34. The van der Waals surface area contributed by atoms with Gasteiger partial charge in [-0.1, -0.05) is 29.3 Å². The number of nitrogens with zero attached hydrogens (tertiary/aromatic N) is 1. The molecule has 0 saturated heterocycles. The molecule has 0 aliphatic carbocycles. The first kappa shape index (κ1) is 16.1. The summed E-state index contributed by atoms with van der Waals surface area (Å²) in [6.45, 7) is 2.58. The lowest BCUT2D eigenvalue weighted by Crippen LogP contribution is -2.16. The minimum atomic E-state index is -0.338. The predicted octanol–water partition coefficient (Wildman–Crippen LogP) is 4.84. The first-order valence-electron chi connectivity index (χ1n) is 6.17. The zero-order valence-corrected chi connectivity index (χ0v) is 14.2. The van der Waals surface area contributed by atoms with E-state index in [0.29, 0.717) is 38.1 Å². The van der Waals surface area contributed by atoms with Crippen molar-refractivity contribution in [2.45, 2.75) is 6.92 Å². The SMILES string of the molecule is CCNc1ncc(Br)cc1C(=O)Nc1c(Cl)cccc1Cl. The number of carbonyl (C=O) groups excluding carboxylic acids is 1. The van der Waals surface area contributed by atoms with Crippen LogP contribution in [0.15, 0.2) is 34.9 Å². The molecule has 0 unspecified atom stereocenters. The van der Waals surface area contributed by atoms with Crippen molar-refractivity contribution in [1.82, 2.24) is 4.98 Å². The Labute approximate surface area is 141 Å². The lowest BCUT2D eigenvalue weighted by Gasteiger charge is -2.12. The maximum Gasteiger partial charge on any atom is 0.259 e. The average molecular weight is 389 g/mol. The van der Waals surface area contributed by atoms with Crippen LogP contribution in [0.4, 0.5) is 11.5 Å². The van der Waals surface area contributed by atoms with Crippen molar-refractivity contribution < 1.29 is 4.79 Å². The highest BCUT2D eigenvalue weighted by Crippen LogP contribution is 2.30. The number of pyridine rings is 1. The van der Waals surface area contributed by atoms with Gasteiger partial charge < -0.3 is 10.6 Å². The van der Waals surface area contributed by atoms with Gasteiger partial charge in [0.2, 0.25) is 0 Å². The van der Waals surface area contributed by atoms with Gasteiger partial charge in [0.1, 0.15) is 5.82 Å². The number of carbonyl (C=O) groups is 1. The Hall–Kier alpha value is -1.30. The van der Waals surface area contributed by atoms with Crippen LogP contribution in [0.2, 0.25) is 10.0 Å². The Morgan fingerprint density at radius 2 is 2.00 bits per heavy atom. The van der Waals surface area contributed by atoms with E-state index in [-0.39, 0.29) is 5.91 Å². The minimum Gasteiger partial charge on any atom is -0.370 e. The zero-order chi connectivity index (χ0) is 15.4. The molecule has 2 aromatic rings. The van der Waals surface area contributed by atoms with Crippen LogP contribution in [0, 0.1) is 0 Å². The molecule has 1 heterocycles. The van der Waals surface area contributed by atoms with Crippen molar-refractivity contribution in [1.29, 1.82) is 0 Å². The van der Waals surface area contributed by atoms with E-state index in [2.05, 4.69) is 31.5 Å². The molecule has 7 heteroatoms. The summed E-state index contributed by atoms with van der Waals surface area (Å²) in [5, 5.41) is 6.51. The molecule has 2 rings (SSSR count). The smallest absolute Gasteiger partial charge is 0.259 e. The van der Waals surface area contributed by atoms with Crippen LogP contribution in [0.3, 0.4) is 0 Å². The molecule has 2 N–H and O–H groups in total. The summed E-state index contributed by atoms with van der Waals surface area (Å²) in [5.41, 5.74) is 0.787. The van der Waals surface area contributed by atoms with Crippen LogP contribution in [-0.4, -0.2) is 17.4 Å². The number of para-hydroxylation sites is 1. The van der Waals surface area contributed by atoms with Crippen molar-refractivity contribution in [3.8, 4) is 0 Å². The molecular weight excluding hydrogens is 377 g/mol. The number of aromatic nitrogens is 1. The van der Waals surface area contributed by atoms with E-state index in [0.717, 1.165) is 0 Å². The van der Waals surface area contributed by atoms with Gasteiger partial charge in [-0.25, -0.2) is 4.98 Å². The van der Waals surface area contributed by atoms with Gasteiger partial charge in [-0.2, -0.15) is 0 Å². The molecule has 0 fully saturated rings. The number of benzene rings is 1. The predicted molar refractivity (Wildman–Crippen MR) is 90.5 cm³/mol. The van der Waals surface area contributed by atoms with Gasteiger partial charge in [0, 0.05) is 17.2 Å². The van der Waals surface area contributed by atoms with Crippen LogP contribution in [0.25, 0.3) is 0 Å². The monoisotopic (exact) mass is 387 g/mol. The summed E-state index contributed by atoms with van der Waals surface area (Å²) in [5.74, 6) is 0.163. The van der Waals surface area contributed by atoms with Gasteiger partial charge in [0.05, 0.1) is 21.3 Å². The molecule has 0 radical (unpaired) electrons. The number of nitrogens with one attached hydrogen (secondary N) is 2. The third kappa shape index (κ3) is 3.87. The lowest BCUT2D eigenvalue weighted by molar-refractivity contribution is 0.102. The van der Waals surface area contributed by atoms with Gasteiger partial charge in [0.25, 0.3) is 5.91 Å². The molecule has 4 nitrogen and oxygen atoms in total. The van der Waals surface area contributed by atoms with E-state index in [4.69, 9.17) is 23.2 Å². The standard InChI is InChI=1S/C14H12BrCl2N3O/c1-2-18-13-9(6-8(15)7-19-13)14(21)20-12-10(16)4-3-5-11(12)17/h3-7H,2H2,1H3,(H,18,19)(H,20,21). The number of hydrogen-bond acceptors (Lipinski definition) is 3. The van der Waals surface area contributed by atoms with Gasteiger partial charge in [0.15, 0.2) is 0 Å². The van der Waals surface area contributed by atoms with Crippen molar-refractivity contribution in [2.24, 2.45) is 0 Å². The van der Waals surface area contributed by atoms with E-state index in [1.165, 1.54) is 0 Å². The average Bonchev–Trinajstić information content (AvgIpc) is 2.45. The van der Waals surface area contributed by atoms with Gasteiger partial charge >= 0.3 is 0 Å². The topological polar surface area (TPSA) is 54.0 Å². The molecular formula is C14H12BrCl2N3O. The Kier molecular flexibility index (Phi) is 5.45. The molecule has 0 atom stereocenters. The van der Waals surface area contributed by atoms with E-state index < -0.39 is 0 Å². The molecule has 0 bridgehead atoms. The summed E-state index contributed by atoms with van der Waals surface area (Å²) in [4.78, 5) is 16.6. The highest BCUT2D eigenvalue weighted by Gasteiger charge is 2.16. The van der Waals surface area contributed by atoms with Crippen LogP contribution in [-0.2, 0) is 0 Å². The number of amides is 1. The molecule has 21 heavy (non-hydrogen) atoms. The second kappa shape index (κ2) is 7.11. The number of anilines is 2. The number of hydrogen-bond donors (Lipinski definition) is 2. The normalized spacial score (nSPS) is 10.3. The van der Waals surface area contributed by atoms with E-state index in [1.807, 2.05) is 6.92 Å². The Bertz CT molecular complexity index is 659. The van der Waals surface area contributed by atoms with Gasteiger partial charge in [-0.05, 0) is 41.1 Å². The van der Waals surface area contributed by atoms with Crippen LogP contribution in [0.5, 0.6) is 0 Å². The minimum absolute atomic E-state index is 0.338.